The zero-order valence-corrected chi connectivity index (χ0v) is 11.7. The molecule has 5 nitrogen and oxygen atoms in total. The third kappa shape index (κ3) is 2.97. The summed E-state index contributed by atoms with van der Waals surface area (Å²) in [4.78, 5) is 10.2. The van der Waals surface area contributed by atoms with Crippen molar-refractivity contribution in [3.8, 4) is 5.75 Å². The minimum atomic E-state index is -0.397. The molecule has 2 aromatic rings. The average Bonchev–Trinajstić information content (AvgIpc) is 2.84. The molecule has 0 radical (unpaired) electrons. The average molecular weight is 284 g/mol. The van der Waals surface area contributed by atoms with E-state index in [1.165, 1.54) is 23.3 Å². The van der Waals surface area contributed by atoms with Crippen LogP contribution in [-0.4, -0.2) is 11.0 Å². The highest BCUT2D eigenvalue weighted by atomic mass is 16.6. The van der Waals surface area contributed by atoms with Crippen LogP contribution < -0.4 is 10.1 Å². The van der Waals surface area contributed by atoms with Gasteiger partial charge in [-0.2, -0.15) is 0 Å². The van der Waals surface area contributed by atoms with E-state index in [0.29, 0.717) is 6.54 Å². The van der Waals surface area contributed by atoms with Crippen LogP contribution in [0, 0.1) is 10.1 Å². The Balaban J connectivity index is 1.65. The Morgan fingerprint density at radius 2 is 2.05 bits per heavy atom. The molecular weight excluding hydrogens is 268 g/mol. The second kappa shape index (κ2) is 5.44. The molecule has 1 aliphatic rings. The lowest BCUT2D eigenvalue weighted by Gasteiger charge is -2.07. The van der Waals surface area contributed by atoms with Gasteiger partial charge in [0.05, 0.1) is 4.92 Å². The topological polar surface area (TPSA) is 64.4 Å². The second-order valence-electron chi connectivity index (χ2n) is 5.23. The molecule has 0 bridgehead atoms. The molecule has 1 N–H and O–H groups in total. The summed E-state index contributed by atoms with van der Waals surface area (Å²) in [5, 5.41) is 13.9. The van der Waals surface area contributed by atoms with E-state index in [1.807, 2.05) is 12.1 Å². The molecule has 1 aliphatic heterocycles. The number of nitrogens with one attached hydrogen (secondary N) is 1. The fourth-order valence-electron chi connectivity index (χ4n) is 2.49. The van der Waals surface area contributed by atoms with E-state index in [1.54, 1.807) is 12.1 Å². The van der Waals surface area contributed by atoms with E-state index in [4.69, 9.17) is 4.74 Å². The molecule has 21 heavy (non-hydrogen) atoms. The summed E-state index contributed by atoms with van der Waals surface area (Å²) in [5.74, 6) is 0.974. The first-order chi connectivity index (χ1) is 10.1. The third-order valence-corrected chi connectivity index (χ3v) is 3.54. The summed E-state index contributed by atoms with van der Waals surface area (Å²) in [5.41, 5.74) is 3.38. The molecular formula is C16H16N2O3. The Morgan fingerprint density at radius 3 is 2.76 bits per heavy atom. The van der Waals surface area contributed by atoms with Gasteiger partial charge in [0.1, 0.15) is 11.9 Å². The number of rotatable bonds is 4. The number of ether oxygens (including phenoxy) is 1. The van der Waals surface area contributed by atoms with E-state index >= 15 is 0 Å². The van der Waals surface area contributed by atoms with Gasteiger partial charge in [-0.25, -0.2) is 0 Å². The lowest BCUT2D eigenvalue weighted by atomic mass is 10.1. The van der Waals surface area contributed by atoms with Crippen LogP contribution in [0.15, 0.2) is 42.5 Å². The van der Waals surface area contributed by atoms with Crippen molar-refractivity contribution in [2.24, 2.45) is 0 Å². The Kier molecular flexibility index (Phi) is 3.48. The molecule has 108 valence electrons. The number of hydrogen-bond donors (Lipinski definition) is 1. The molecule has 1 heterocycles. The van der Waals surface area contributed by atoms with Gasteiger partial charge in [0.2, 0.25) is 0 Å². The van der Waals surface area contributed by atoms with E-state index in [0.717, 1.165) is 17.9 Å². The molecule has 0 aliphatic carbocycles. The molecule has 0 amide bonds. The van der Waals surface area contributed by atoms with Crippen LogP contribution in [0.4, 0.5) is 11.4 Å². The third-order valence-electron chi connectivity index (χ3n) is 3.54. The maximum Gasteiger partial charge on any atom is 0.269 e. The largest absolute Gasteiger partial charge is 0.490 e. The monoisotopic (exact) mass is 284 g/mol. The normalized spacial score (nSPS) is 16.1. The summed E-state index contributed by atoms with van der Waals surface area (Å²) >= 11 is 0. The van der Waals surface area contributed by atoms with E-state index < -0.39 is 4.92 Å². The maximum absolute atomic E-state index is 10.6. The van der Waals surface area contributed by atoms with E-state index in [-0.39, 0.29) is 11.8 Å². The Hall–Kier alpha value is -2.56. The zero-order valence-electron chi connectivity index (χ0n) is 11.7. The predicted octanol–water partition coefficient (Wildman–Crippen LogP) is 3.53. The van der Waals surface area contributed by atoms with Crippen molar-refractivity contribution in [3.05, 3.63) is 63.7 Å². The van der Waals surface area contributed by atoms with Crippen molar-refractivity contribution in [1.82, 2.24) is 0 Å². The number of fused-ring (bicyclic) bond motifs is 1. The number of nitro groups is 1. The standard InChI is InChI=1S/C16H16N2O3/c1-11-8-13-9-12(2-7-16(13)21-11)10-17-14-3-5-15(6-4-14)18(19)20/h2-7,9,11,17H,8,10H2,1H3/t11-/m0/s1. The molecule has 0 spiro atoms. The predicted molar refractivity (Wildman–Crippen MR) is 80.7 cm³/mol. The number of hydrogen-bond acceptors (Lipinski definition) is 4. The van der Waals surface area contributed by atoms with Crippen molar-refractivity contribution in [2.75, 3.05) is 5.32 Å². The summed E-state index contributed by atoms with van der Waals surface area (Å²) in [6.07, 6.45) is 1.19. The van der Waals surface area contributed by atoms with Gasteiger partial charge in [0.15, 0.2) is 0 Å². The molecule has 0 unspecified atom stereocenters. The van der Waals surface area contributed by atoms with E-state index in [9.17, 15) is 10.1 Å². The van der Waals surface area contributed by atoms with Gasteiger partial charge in [-0.1, -0.05) is 12.1 Å². The minimum Gasteiger partial charge on any atom is -0.490 e. The zero-order chi connectivity index (χ0) is 14.8. The first kappa shape index (κ1) is 13.4. The van der Waals surface area contributed by atoms with Crippen LogP contribution in [0.5, 0.6) is 5.75 Å². The van der Waals surface area contributed by atoms with E-state index in [2.05, 4.69) is 18.3 Å². The van der Waals surface area contributed by atoms with Crippen molar-refractivity contribution in [3.63, 3.8) is 0 Å². The molecule has 0 saturated heterocycles. The maximum atomic E-state index is 10.6. The quantitative estimate of drug-likeness (QED) is 0.689. The lowest BCUT2D eigenvalue weighted by molar-refractivity contribution is -0.384. The van der Waals surface area contributed by atoms with Gasteiger partial charge in [-0.05, 0) is 36.2 Å². The Labute approximate surface area is 122 Å². The van der Waals surface area contributed by atoms with Gasteiger partial charge >= 0.3 is 0 Å². The van der Waals surface area contributed by atoms with Gasteiger partial charge in [-0.3, -0.25) is 10.1 Å². The highest BCUT2D eigenvalue weighted by Crippen LogP contribution is 2.29. The number of anilines is 1. The van der Waals surface area contributed by atoms with Crippen molar-refractivity contribution >= 4 is 11.4 Å². The van der Waals surface area contributed by atoms with Crippen LogP contribution in [0.25, 0.3) is 0 Å². The number of nitro benzene ring substituents is 1. The molecule has 2 aromatic carbocycles. The highest BCUT2D eigenvalue weighted by molar-refractivity contribution is 5.49. The lowest BCUT2D eigenvalue weighted by Crippen LogP contribution is -2.05. The van der Waals surface area contributed by atoms with Gasteiger partial charge in [0.25, 0.3) is 5.69 Å². The number of non-ortho nitro benzene ring substituents is 1. The smallest absolute Gasteiger partial charge is 0.269 e. The summed E-state index contributed by atoms with van der Waals surface area (Å²) in [6.45, 7) is 2.74. The Morgan fingerprint density at radius 1 is 1.29 bits per heavy atom. The number of nitrogens with zero attached hydrogens (tertiary/aromatic N) is 1. The second-order valence-corrected chi connectivity index (χ2v) is 5.23. The SMILES string of the molecule is C[C@H]1Cc2cc(CNc3ccc([N+](=O)[O-])cc3)ccc2O1. The van der Waals surface area contributed by atoms with Gasteiger partial charge in [0, 0.05) is 30.8 Å². The molecule has 3 rings (SSSR count). The van der Waals surface area contributed by atoms with Crippen LogP contribution in [-0.2, 0) is 13.0 Å². The fraction of sp³-hybridized carbons (Fsp3) is 0.250. The van der Waals surface area contributed by atoms with Crippen LogP contribution in [0.3, 0.4) is 0 Å². The fourth-order valence-corrected chi connectivity index (χ4v) is 2.49. The summed E-state index contributed by atoms with van der Waals surface area (Å²) in [7, 11) is 0. The Bertz CT molecular complexity index is 668. The molecule has 0 saturated carbocycles. The summed E-state index contributed by atoms with van der Waals surface area (Å²) in [6, 6.07) is 12.6. The van der Waals surface area contributed by atoms with Crippen molar-refractivity contribution in [1.29, 1.82) is 0 Å². The van der Waals surface area contributed by atoms with Gasteiger partial charge < -0.3 is 10.1 Å². The van der Waals surface area contributed by atoms with Gasteiger partial charge in [-0.15, -0.1) is 0 Å². The number of benzene rings is 2. The summed E-state index contributed by atoms with van der Waals surface area (Å²) < 4.78 is 5.68. The van der Waals surface area contributed by atoms with Crippen LogP contribution >= 0.6 is 0 Å². The minimum absolute atomic E-state index is 0.101. The molecule has 5 heteroatoms. The molecule has 0 fully saturated rings. The van der Waals surface area contributed by atoms with Crippen LogP contribution in [0.2, 0.25) is 0 Å². The highest BCUT2D eigenvalue weighted by Gasteiger charge is 2.18. The van der Waals surface area contributed by atoms with Crippen molar-refractivity contribution < 1.29 is 9.66 Å². The van der Waals surface area contributed by atoms with Crippen LogP contribution in [0.1, 0.15) is 18.1 Å². The molecule has 0 aromatic heterocycles. The molecule has 1 atom stereocenters. The first-order valence-corrected chi connectivity index (χ1v) is 6.88. The van der Waals surface area contributed by atoms with Crippen molar-refractivity contribution in [2.45, 2.75) is 26.0 Å². The first-order valence-electron chi connectivity index (χ1n) is 6.88.